The minimum absolute atomic E-state index is 0.0246. The van der Waals surface area contributed by atoms with E-state index in [1.165, 1.54) is 6.92 Å². The molecule has 7 nitrogen and oxygen atoms in total. The zero-order chi connectivity index (χ0) is 21.2. The smallest absolute Gasteiger partial charge is 0.308 e. The zero-order valence-corrected chi connectivity index (χ0v) is 16.3. The van der Waals surface area contributed by atoms with Crippen LogP contribution in [0.15, 0.2) is 47.8 Å². The van der Waals surface area contributed by atoms with E-state index in [2.05, 4.69) is 20.8 Å². The summed E-state index contributed by atoms with van der Waals surface area (Å²) in [6.45, 7) is 1.48. The zero-order valence-electron chi connectivity index (χ0n) is 14.7. The van der Waals surface area contributed by atoms with E-state index in [9.17, 15) is 22.8 Å². The van der Waals surface area contributed by atoms with Gasteiger partial charge < -0.3 is 5.32 Å². The van der Waals surface area contributed by atoms with Gasteiger partial charge in [0.05, 0.1) is 15.8 Å². The highest BCUT2D eigenvalue weighted by molar-refractivity contribution is 8.00. The molecule has 0 fully saturated rings. The van der Waals surface area contributed by atoms with Crippen molar-refractivity contribution in [3.05, 3.63) is 53.2 Å². The highest BCUT2D eigenvalue weighted by atomic mass is 35.5. The largest absolute Gasteiger partial charge is 0.417 e. The molecule has 12 heteroatoms. The van der Waals surface area contributed by atoms with Crippen LogP contribution in [0, 0.1) is 0 Å². The van der Waals surface area contributed by atoms with E-state index in [0.717, 1.165) is 28.4 Å². The number of carbonyl (C=O) groups is 2. The van der Waals surface area contributed by atoms with Crippen LogP contribution < -0.4 is 10.6 Å². The normalized spacial score (nSPS) is 12.6. The molecule has 1 atom stereocenters. The number of thioether (sulfide) groups is 1. The molecule has 29 heavy (non-hydrogen) atoms. The number of imide groups is 1. The lowest BCUT2D eigenvalue weighted by atomic mass is 10.3. The molecule has 3 amide bonds. The van der Waals surface area contributed by atoms with E-state index >= 15 is 0 Å². The highest BCUT2D eigenvalue weighted by Gasteiger charge is 2.32. The van der Waals surface area contributed by atoms with Crippen molar-refractivity contribution in [1.82, 2.24) is 19.9 Å². The van der Waals surface area contributed by atoms with Crippen LogP contribution in [0.1, 0.15) is 12.5 Å². The van der Waals surface area contributed by atoms with Crippen LogP contribution >= 0.6 is 23.4 Å². The number of benzene rings is 1. The summed E-state index contributed by atoms with van der Waals surface area (Å²) in [6, 6.07) is 8.51. The number of hydrogen-bond acceptors (Lipinski definition) is 5. The van der Waals surface area contributed by atoms with Crippen molar-refractivity contribution in [1.29, 1.82) is 0 Å². The molecule has 2 heterocycles. The number of alkyl halides is 3. The predicted molar refractivity (Wildman–Crippen MR) is 102 cm³/mol. The average Bonchev–Trinajstić information content (AvgIpc) is 3.05. The quantitative estimate of drug-likeness (QED) is 0.589. The van der Waals surface area contributed by atoms with Crippen LogP contribution in [0.3, 0.4) is 0 Å². The summed E-state index contributed by atoms with van der Waals surface area (Å²) in [5.41, 5.74) is -0.455. The first kappa shape index (κ1) is 20.9. The summed E-state index contributed by atoms with van der Waals surface area (Å²) < 4.78 is 40.1. The molecule has 0 saturated carbocycles. The van der Waals surface area contributed by atoms with Gasteiger partial charge in [0.25, 0.3) is 0 Å². The topological polar surface area (TPSA) is 88.4 Å². The fourth-order valence-corrected chi connectivity index (χ4v) is 3.35. The van der Waals surface area contributed by atoms with Crippen LogP contribution in [0.2, 0.25) is 5.02 Å². The molecule has 152 valence electrons. The van der Waals surface area contributed by atoms with Gasteiger partial charge in [0.15, 0.2) is 10.8 Å². The standard InChI is InChI=1S/C17H13ClF3N5O2S/c1-9(14(27)23-15(28)22-11-5-3-2-4-6-11)29-16-25-24-13-12(18)7-10(8-26(13)16)17(19,20)21/h2-9H,1H3,(H2,22,23,27,28). The van der Waals surface area contributed by atoms with Gasteiger partial charge in [-0.15, -0.1) is 10.2 Å². The number of pyridine rings is 1. The van der Waals surface area contributed by atoms with Gasteiger partial charge >= 0.3 is 12.2 Å². The molecule has 0 saturated heterocycles. The number of rotatable bonds is 4. The fraction of sp³-hybridized carbons (Fsp3) is 0.176. The second-order valence-electron chi connectivity index (χ2n) is 5.82. The van der Waals surface area contributed by atoms with Gasteiger partial charge in [-0.1, -0.05) is 41.6 Å². The van der Waals surface area contributed by atoms with Gasteiger partial charge in [0.2, 0.25) is 5.91 Å². The molecule has 1 aromatic carbocycles. The summed E-state index contributed by atoms with van der Waals surface area (Å²) in [4.78, 5) is 24.2. The van der Waals surface area contributed by atoms with Crippen LogP contribution in [-0.2, 0) is 11.0 Å². The van der Waals surface area contributed by atoms with Crippen LogP contribution in [0.25, 0.3) is 5.65 Å². The van der Waals surface area contributed by atoms with E-state index in [-0.39, 0.29) is 15.8 Å². The molecule has 3 rings (SSSR count). The maximum absolute atomic E-state index is 13.0. The van der Waals surface area contributed by atoms with Gasteiger partial charge in [0.1, 0.15) is 0 Å². The number of anilines is 1. The SMILES string of the molecule is CC(Sc1nnc2c(Cl)cc(C(F)(F)F)cn12)C(=O)NC(=O)Nc1ccccc1. The molecule has 0 aliphatic carbocycles. The van der Waals surface area contributed by atoms with E-state index in [1.807, 2.05) is 0 Å². The minimum Gasteiger partial charge on any atom is -0.308 e. The molecule has 0 spiro atoms. The molecule has 1 unspecified atom stereocenters. The monoisotopic (exact) mass is 443 g/mol. The molecule has 2 aromatic heterocycles. The average molecular weight is 444 g/mol. The molecule has 0 bridgehead atoms. The number of urea groups is 1. The lowest BCUT2D eigenvalue weighted by Gasteiger charge is -2.12. The predicted octanol–water partition coefficient (Wildman–Crippen LogP) is 4.23. The van der Waals surface area contributed by atoms with Crippen LogP contribution in [-0.4, -0.2) is 31.8 Å². The Labute approximate surface area is 171 Å². The molecular formula is C17H13ClF3N5O2S. The number of hydrogen-bond donors (Lipinski definition) is 2. The summed E-state index contributed by atoms with van der Waals surface area (Å²) in [7, 11) is 0. The summed E-state index contributed by atoms with van der Waals surface area (Å²) in [6.07, 6.45) is -3.81. The van der Waals surface area contributed by atoms with Crippen LogP contribution in [0.5, 0.6) is 0 Å². The summed E-state index contributed by atoms with van der Waals surface area (Å²) in [5.74, 6) is -0.654. The third-order valence-electron chi connectivity index (χ3n) is 3.68. The number of nitrogens with zero attached hydrogens (tertiary/aromatic N) is 3. The van der Waals surface area contributed by atoms with Crippen molar-refractivity contribution < 1.29 is 22.8 Å². The second-order valence-corrected chi connectivity index (χ2v) is 7.54. The Morgan fingerprint density at radius 1 is 1.21 bits per heavy atom. The Kier molecular flexibility index (Phi) is 5.99. The van der Waals surface area contributed by atoms with Gasteiger partial charge in [0, 0.05) is 11.9 Å². The Morgan fingerprint density at radius 2 is 1.90 bits per heavy atom. The maximum atomic E-state index is 13.0. The number of nitrogens with one attached hydrogen (secondary N) is 2. The van der Waals surface area contributed by atoms with E-state index in [4.69, 9.17) is 11.6 Å². The minimum atomic E-state index is -4.61. The van der Waals surface area contributed by atoms with Crippen molar-refractivity contribution in [3.8, 4) is 0 Å². The van der Waals surface area contributed by atoms with E-state index < -0.39 is 28.9 Å². The van der Waals surface area contributed by atoms with Crippen molar-refractivity contribution in [2.45, 2.75) is 23.5 Å². The third kappa shape index (κ3) is 4.98. The van der Waals surface area contributed by atoms with Crippen LogP contribution in [0.4, 0.5) is 23.7 Å². The molecule has 3 aromatic rings. The number of carbonyl (C=O) groups excluding carboxylic acids is 2. The summed E-state index contributed by atoms with van der Waals surface area (Å²) >= 11 is 6.70. The van der Waals surface area contributed by atoms with E-state index in [0.29, 0.717) is 5.69 Å². The number of para-hydroxylation sites is 1. The molecule has 0 aliphatic rings. The number of amides is 3. The Bertz CT molecular complexity index is 1060. The second kappa shape index (κ2) is 8.29. The highest BCUT2D eigenvalue weighted by Crippen LogP contribution is 2.33. The third-order valence-corrected chi connectivity index (χ3v) is 5.01. The lowest BCUT2D eigenvalue weighted by Crippen LogP contribution is -2.38. The maximum Gasteiger partial charge on any atom is 0.417 e. The molecule has 0 radical (unpaired) electrons. The van der Waals surface area contributed by atoms with Crippen molar-refractivity contribution in [2.75, 3.05) is 5.32 Å². The first-order valence-electron chi connectivity index (χ1n) is 8.10. The summed E-state index contributed by atoms with van der Waals surface area (Å²) in [5, 5.41) is 11.2. The molecular weight excluding hydrogens is 431 g/mol. The molecule has 0 aliphatic heterocycles. The van der Waals surface area contributed by atoms with Crippen molar-refractivity contribution in [2.24, 2.45) is 0 Å². The van der Waals surface area contributed by atoms with Gasteiger partial charge in [-0.05, 0) is 25.1 Å². The van der Waals surface area contributed by atoms with Gasteiger partial charge in [-0.2, -0.15) is 13.2 Å². The Balaban J connectivity index is 1.72. The van der Waals surface area contributed by atoms with Crippen molar-refractivity contribution >= 4 is 46.6 Å². The van der Waals surface area contributed by atoms with Crippen molar-refractivity contribution in [3.63, 3.8) is 0 Å². The Hall–Kier alpha value is -2.79. The number of fused-ring (bicyclic) bond motifs is 1. The first-order valence-corrected chi connectivity index (χ1v) is 9.36. The number of aromatic nitrogens is 3. The van der Waals surface area contributed by atoms with E-state index in [1.54, 1.807) is 30.3 Å². The van der Waals surface area contributed by atoms with Gasteiger partial charge in [-0.25, -0.2) is 4.79 Å². The first-order chi connectivity index (χ1) is 13.6. The Morgan fingerprint density at radius 3 is 2.55 bits per heavy atom. The number of halogens is 4. The molecule has 2 N–H and O–H groups in total. The lowest BCUT2D eigenvalue weighted by molar-refractivity contribution is -0.137. The van der Waals surface area contributed by atoms with Gasteiger partial charge in [-0.3, -0.25) is 14.5 Å². The fourth-order valence-electron chi connectivity index (χ4n) is 2.28.